The standard InChI is InChI=1S/C15H13BrF3NO/c16-10-6-5-9(12(17)8-10)7-13(20)11-3-1-2-4-14(11)21-15(18)19/h1-6,8,13,15H,7,20H2. The van der Waals surface area contributed by atoms with Crippen LogP contribution in [0.15, 0.2) is 46.9 Å². The maximum Gasteiger partial charge on any atom is 0.387 e. The van der Waals surface area contributed by atoms with Crippen LogP contribution in [0, 0.1) is 5.82 Å². The third-order valence-corrected chi connectivity index (χ3v) is 3.48. The van der Waals surface area contributed by atoms with Crippen molar-refractivity contribution in [2.75, 3.05) is 0 Å². The van der Waals surface area contributed by atoms with Crippen LogP contribution < -0.4 is 10.5 Å². The molecule has 0 saturated carbocycles. The summed E-state index contributed by atoms with van der Waals surface area (Å²) in [4.78, 5) is 0. The van der Waals surface area contributed by atoms with Crippen LogP contribution in [0.4, 0.5) is 13.2 Å². The molecule has 2 nitrogen and oxygen atoms in total. The van der Waals surface area contributed by atoms with Crippen LogP contribution in [0.2, 0.25) is 0 Å². The number of nitrogens with two attached hydrogens (primary N) is 1. The molecule has 0 spiro atoms. The molecule has 2 aromatic rings. The van der Waals surface area contributed by atoms with E-state index in [2.05, 4.69) is 20.7 Å². The quantitative estimate of drug-likeness (QED) is 0.856. The molecule has 0 heterocycles. The fourth-order valence-electron chi connectivity index (χ4n) is 2.02. The zero-order valence-electron chi connectivity index (χ0n) is 10.9. The first-order valence-electron chi connectivity index (χ1n) is 6.20. The van der Waals surface area contributed by atoms with E-state index in [4.69, 9.17) is 5.73 Å². The third-order valence-electron chi connectivity index (χ3n) is 2.99. The summed E-state index contributed by atoms with van der Waals surface area (Å²) in [5.41, 5.74) is 6.84. The van der Waals surface area contributed by atoms with Gasteiger partial charge in [0.15, 0.2) is 0 Å². The number of halogens is 4. The molecule has 0 aliphatic heterocycles. The van der Waals surface area contributed by atoms with Crippen molar-refractivity contribution in [2.24, 2.45) is 5.73 Å². The lowest BCUT2D eigenvalue weighted by Gasteiger charge is -2.17. The molecule has 0 aromatic heterocycles. The minimum atomic E-state index is -2.93. The molecule has 2 rings (SSSR count). The van der Waals surface area contributed by atoms with E-state index in [1.807, 2.05) is 0 Å². The topological polar surface area (TPSA) is 35.2 Å². The van der Waals surface area contributed by atoms with Crippen molar-refractivity contribution in [3.8, 4) is 5.75 Å². The first-order chi connectivity index (χ1) is 9.97. The van der Waals surface area contributed by atoms with Gasteiger partial charge in [0.2, 0.25) is 0 Å². The molecule has 0 aliphatic carbocycles. The summed E-state index contributed by atoms with van der Waals surface area (Å²) in [6, 6.07) is 10.3. The molecule has 2 N–H and O–H groups in total. The van der Waals surface area contributed by atoms with Gasteiger partial charge in [-0.25, -0.2) is 4.39 Å². The van der Waals surface area contributed by atoms with Crippen molar-refractivity contribution in [1.82, 2.24) is 0 Å². The molecule has 0 fully saturated rings. The van der Waals surface area contributed by atoms with Crippen molar-refractivity contribution in [1.29, 1.82) is 0 Å². The predicted molar refractivity (Wildman–Crippen MR) is 77.8 cm³/mol. The molecule has 0 amide bonds. The Balaban J connectivity index is 2.22. The minimum Gasteiger partial charge on any atom is -0.434 e. The molecule has 0 bridgehead atoms. The summed E-state index contributed by atoms with van der Waals surface area (Å²) in [7, 11) is 0. The summed E-state index contributed by atoms with van der Waals surface area (Å²) in [6.45, 7) is -2.93. The number of ether oxygens (including phenoxy) is 1. The lowest BCUT2D eigenvalue weighted by Crippen LogP contribution is -2.16. The number of hydrogen-bond donors (Lipinski definition) is 1. The van der Waals surface area contributed by atoms with Crippen LogP contribution in [0.25, 0.3) is 0 Å². The SMILES string of the molecule is NC(Cc1ccc(Br)cc1F)c1ccccc1OC(F)F. The van der Waals surface area contributed by atoms with E-state index in [1.165, 1.54) is 12.1 Å². The Morgan fingerprint density at radius 3 is 2.52 bits per heavy atom. The average molecular weight is 360 g/mol. The first kappa shape index (κ1) is 15.9. The lowest BCUT2D eigenvalue weighted by molar-refractivity contribution is -0.0506. The van der Waals surface area contributed by atoms with Gasteiger partial charge in [-0.1, -0.05) is 40.2 Å². The molecule has 0 aliphatic rings. The first-order valence-corrected chi connectivity index (χ1v) is 7.00. The maximum atomic E-state index is 13.8. The molecule has 112 valence electrons. The van der Waals surface area contributed by atoms with Crippen molar-refractivity contribution >= 4 is 15.9 Å². The van der Waals surface area contributed by atoms with E-state index >= 15 is 0 Å². The molecule has 21 heavy (non-hydrogen) atoms. The highest BCUT2D eigenvalue weighted by Gasteiger charge is 2.16. The zero-order chi connectivity index (χ0) is 15.4. The van der Waals surface area contributed by atoms with Gasteiger partial charge >= 0.3 is 6.61 Å². The van der Waals surface area contributed by atoms with Gasteiger partial charge in [-0.2, -0.15) is 8.78 Å². The van der Waals surface area contributed by atoms with E-state index in [9.17, 15) is 13.2 Å². The summed E-state index contributed by atoms with van der Waals surface area (Å²) < 4.78 is 43.6. The van der Waals surface area contributed by atoms with Crippen molar-refractivity contribution in [3.05, 3.63) is 63.9 Å². The van der Waals surface area contributed by atoms with Crippen LogP contribution in [0.1, 0.15) is 17.2 Å². The highest BCUT2D eigenvalue weighted by Crippen LogP contribution is 2.28. The summed E-state index contributed by atoms with van der Waals surface area (Å²) in [6.07, 6.45) is 0.183. The molecular weight excluding hydrogens is 347 g/mol. The normalized spacial score (nSPS) is 12.5. The molecule has 0 saturated heterocycles. The Hall–Kier alpha value is -1.53. The van der Waals surface area contributed by atoms with Crippen LogP contribution in [0.3, 0.4) is 0 Å². The van der Waals surface area contributed by atoms with E-state index in [-0.39, 0.29) is 12.2 Å². The van der Waals surface area contributed by atoms with Crippen molar-refractivity contribution in [2.45, 2.75) is 19.1 Å². The van der Waals surface area contributed by atoms with Gasteiger partial charge in [0.1, 0.15) is 11.6 Å². The molecule has 6 heteroatoms. The van der Waals surface area contributed by atoms with Gasteiger partial charge < -0.3 is 10.5 Å². The molecular formula is C15H13BrF3NO. The minimum absolute atomic E-state index is 0.0116. The predicted octanol–water partition coefficient (Wildman–Crippen LogP) is 4.43. The van der Waals surface area contributed by atoms with Crippen LogP contribution >= 0.6 is 15.9 Å². The number of alkyl halides is 2. The molecule has 1 unspecified atom stereocenters. The second kappa shape index (κ2) is 6.95. The fourth-order valence-corrected chi connectivity index (χ4v) is 2.36. The molecule has 0 radical (unpaired) electrons. The maximum absolute atomic E-state index is 13.8. The second-order valence-corrected chi connectivity index (χ2v) is 5.38. The number of rotatable bonds is 5. The van der Waals surface area contributed by atoms with Crippen molar-refractivity contribution in [3.63, 3.8) is 0 Å². The van der Waals surface area contributed by atoms with Crippen LogP contribution in [-0.4, -0.2) is 6.61 Å². The van der Waals surface area contributed by atoms with Crippen LogP contribution in [-0.2, 0) is 6.42 Å². The van der Waals surface area contributed by atoms with Gasteiger partial charge in [-0.3, -0.25) is 0 Å². The largest absolute Gasteiger partial charge is 0.434 e. The monoisotopic (exact) mass is 359 g/mol. The summed E-state index contributed by atoms with van der Waals surface area (Å²) in [5, 5.41) is 0. The second-order valence-electron chi connectivity index (χ2n) is 4.46. The third kappa shape index (κ3) is 4.22. The van der Waals surface area contributed by atoms with E-state index in [0.717, 1.165) is 0 Å². The highest BCUT2D eigenvalue weighted by molar-refractivity contribution is 9.10. The van der Waals surface area contributed by atoms with Gasteiger partial charge in [0.05, 0.1) is 0 Å². The molecule has 2 aromatic carbocycles. The Morgan fingerprint density at radius 2 is 1.86 bits per heavy atom. The fraction of sp³-hybridized carbons (Fsp3) is 0.200. The Kier molecular flexibility index (Phi) is 5.25. The van der Waals surface area contributed by atoms with E-state index in [0.29, 0.717) is 15.6 Å². The number of para-hydroxylation sites is 1. The van der Waals surface area contributed by atoms with Gasteiger partial charge in [-0.05, 0) is 30.2 Å². The highest BCUT2D eigenvalue weighted by atomic mass is 79.9. The average Bonchev–Trinajstić information content (AvgIpc) is 2.42. The Morgan fingerprint density at radius 1 is 1.14 bits per heavy atom. The summed E-state index contributed by atoms with van der Waals surface area (Å²) in [5.74, 6) is -0.385. The van der Waals surface area contributed by atoms with Gasteiger partial charge in [0.25, 0.3) is 0 Å². The lowest BCUT2D eigenvalue weighted by atomic mass is 9.98. The Labute approximate surface area is 128 Å². The van der Waals surface area contributed by atoms with Crippen LogP contribution in [0.5, 0.6) is 5.75 Å². The van der Waals surface area contributed by atoms with E-state index in [1.54, 1.807) is 30.3 Å². The van der Waals surface area contributed by atoms with Crippen molar-refractivity contribution < 1.29 is 17.9 Å². The number of hydrogen-bond acceptors (Lipinski definition) is 2. The zero-order valence-corrected chi connectivity index (χ0v) is 12.5. The van der Waals surface area contributed by atoms with Gasteiger partial charge in [0, 0.05) is 16.1 Å². The van der Waals surface area contributed by atoms with Gasteiger partial charge in [-0.15, -0.1) is 0 Å². The Bertz CT molecular complexity index is 622. The number of benzene rings is 2. The van der Waals surface area contributed by atoms with E-state index < -0.39 is 18.5 Å². The smallest absolute Gasteiger partial charge is 0.387 e. The molecule has 1 atom stereocenters. The summed E-state index contributed by atoms with van der Waals surface area (Å²) >= 11 is 3.17.